The molecule has 1 aliphatic rings. The van der Waals surface area contributed by atoms with Crippen molar-refractivity contribution in [1.29, 1.82) is 0 Å². The Morgan fingerprint density at radius 1 is 1.35 bits per heavy atom. The third-order valence-electron chi connectivity index (χ3n) is 4.11. The molecule has 8 heteroatoms. The molecule has 0 aliphatic carbocycles. The van der Waals surface area contributed by atoms with E-state index < -0.39 is 0 Å². The topological polar surface area (TPSA) is 81.1 Å². The fourth-order valence-corrected chi connectivity index (χ4v) is 3.01. The summed E-state index contributed by atoms with van der Waals surface area (Å²) in [6, 6.07) is 2.00. The van der Waals surface area contributed by atoms with Crippen molar-refractivity contribution in [2.45, 2.75) is 26.7 Å². The van der Waals surface area contributed by atoms with Crippen molar-refractivity contribution in [3.8, 4) is 11.4 Å². The maximum atomic E-state index is 5.41. The molecule has 7 nitrogen and oxygen atoms in total. The summed E-state index contributed by atoms with van der Waals surface area (Å²) in [5.74, 6) is 1.83. The molecular weight excluding hydrogens is 316 g/mol. The van der Waals surface area contributed by atoms with Crippen molar-refractivity contribution in [1.82, 2.24) is 30.1 Å². The standard InChI is InChI=1S/C15H18N6O.ClH/c1-9-5-10(2)21-15(18-9)12(8-17-21)14-19-13(22-20-14)6-11-3-4-16-7-11;/h5,8,11,16H,3-4,6-7H2,1-2H3;1H. The number of hydrogen-bond acceptors (Lipinski definition) is 6. The molecule has 1 saturated heterocycles. The van der Waals surface area contributed by atoms with Gasteiger partial charge < -0.3 is 9.84 Å². The lowest BCUT2D eigenvalue weighted by Gasteiger charge is -2.02. The van der Waals surface area contributed by atoms with Crippen LogP contribution in [0.5, 0.6) is 0 Å². The average Bonchev–Trinajstić information content (AvgIpc) is 3.19. The van der Waals surface area contributed by atoms with Gasteiger partial charge in [0.25, 0.3) is 0 Å². The van der Waals surface area contributed by atoms with Crippen molar-refractivity contribution < 1.29 is 4.52 Å². The van der Waals surface area contributed by atoms with Crippen molar-refractivity contribution in [3.05, 3.63) is 29.5 Å². The average molecular weight is 335 g/mol. The third kappa shape index (κ3) is 2.94. The van der Waals surface area contributed by atoms with Crippen LogP contribution in [0.25, 0.3) is 17.0 Å². The minimum absolute atomic E-state index is 0. The van der Waals surface area contributed by atoms with Crippen LogP contribution in [0.2, 0.25) is 0 Å². The lowest BCUT2D eigenvalue weighted by molar-refractivity contribution is 0.358. The summed E-state index contributed by atoms with van der Waals surface area (Å²) in [4.78, 5) is 9.08. The van der Waals surface area contributed by atoms with E-state index in [0.29, 0.717) is 17.6 Å². The Hall–Kier alpha value is -1.99. The number of halogens is 1. The normalized spacial score (nSPS) is 17.6. The molecule has 23 heavy (non-hydrogen) atoms. The smallest absolute Gasteiger partial charge is 0.227 e. The lowest BCUT2D eigenvalue weighted by Crippen LogP contribution is -2.10. The van der Waals surface area contributed by atoms with Gasteiger partial charge in [0.05, 0.1) is 11.8 Å². The number of aromatic nitrogens is 5. The van der Waals surface area contributed by atoms with Crippen LogP contribution >= 0.6 is 12.4 Å². The number of aryl methyl sites for hydroxylation is 2. The third-order valence-corrected chi connectivity index (χ3v) is 4.11. The second-order valence-corrected chi connectivity index (χ2v) is 5.91. The summed E-state index contributed by atoms with van der Waals surface area (Å²) in [5.41, 5.74) is 3.57. The van der Waals surface area contributed by atoms with Crippen LogP contribution in [0.1, 0.15) is 23.7 Å². The Labute approximate surface area is 139 Å². The molecule has 1 unspecified atom stereocenters. The van der Waals surface area contributed by atoms with E-state index in [1.807, 2.05) is 19.9 Å². The van der Waals surface area contributed by atoms with Crippen molar-refractivity contribution in [2.75, 3.05) is 13.1 Å². The van der Waals surface area contributed by atoms with Crippen LogP contribution in [0.4, 0.5) is 0 Å². The summed E-state index contributed by atoms with van der Waals surface area (Å²) in [6.07, 6.45) is 3.74. The molecule has 1 atom stereocenters. The van der Waals surface area contributed by atoms with Crippen molar-refractivity contribution in [2.24, 2.45) is 5.92 Å². The fraction of sp³-hybridized carbons (Fsp3) is 0.467. The molecule has 3 aromatic heterocycles. The Morgan fingerprint density at radius 2 is 2.22 bits per heavy atom. The predicted molar refractivity (Wildman–Crippen MR) is 87.7 cm³/mol. The molecule has 3 aromatic rings. The highest BCUT2D eigenvalue weighted by Crippen LogP contribution is 2.23. The zero-order valence-corrected chi connectivity index (χ0v) is 13.9. The van der Waals surface area contributed by atoms with Gasteiger partial charge in [0.15, 0.2) is 5.65 Å². The van der Waals surface area contributed by atoms with Gasteiger partial charge in [-0.05, 0) is 45.3 Å². The Balaban J connectivity index is 0.00000156. The largest absolute Gasteiger partial charge is 0.339 e. The van der Waals surface area contributed by atoms with Crippen LogP contribution in [0, 0.1) is 19.8 Å². The molecule has 0 saturated carbocycles. The quantitative estimate of drug-likeness (QED) is 0.788. The highest BCUT2D eigenvalue weighted by molar-refractivity contribution is 5.85. The van der Waals surface area contributed by atoms with Gasteiger partial charge in [-0.3, -0.25) is 0 Å². The van der Waals surface area contributed by atoms with Crippen molar-refractivity contribution >= 4 is 18.1 Å². The summed E-state index contributed by atoms with van der Waals surface area (Å²) in [6.45, 7) is 6.07. The monoisotopic (exact) mass is 334 g/mol. The number of rotatable bonds is 3. The van der Waals surface area contributed by atoms with E-state index >= 15 is 0 Å². The molecule has 122 valence electrons. The van der Waals surface area contributed by atoms with Crippen LogP contribution < -0.4 is 5.32 Å². The van der Waals surface area contributed by atoms with Gasteiger partial charge in [-0.2, -0.15) is 10.1 Å². The molecule has 0 bridgehead atoms. The summed E-state index contributed by atoms with van der Waals surface area (Å²) in [5, 5.41) is 11.8. The minimum Gasteiger partial charge on any atom is -0.339 e. The fourth-order valence-electron chi connectivity index (χ4n) is 3.01. The van der Waals surface area contributed by atoms with E-state index in [4.69, 9.17) is 4.52 Å². The molecule has 0 spiro atoms. The molecule has 0 amide bonds. The molecular formula is C15H19ClN6O. The Morgan fingerprint density at radius 3 is 3.00 bits per heavy atom. The maximum absolute atomic E-state index is 5.41. The first kappa shape index (κ1) is 15.9. The number of hydrogen-bond donors (Lipinski definition) is 1. The molecule has 1 aliphatic heterocycles. The van der Waals surface area contributed by atoms with Gasteiger partial charge in [-0.25, -0.2) is 9.50 Å². The lowest BCUT2D eigenvalue weighted by atomic mass is 10.1. The van der Waals surface area contributed by atoms with Gasteiger partial charge >= 0.3 is 0 Å². The molecule has 1 N–H and O–H groups in total. The van der Waals surface area contributed by atoms with Crippen molar-refractivity contribution in [3.63, 3.8) is 0 Å². The zero-order chi connectivity index (χ0) is 15.1. The molecule has 0 aromatic carbocycles. The minimum atomic E-state index is 0. The van der Waals surface area contributed by atoms with Crippen LogP contribution in [-0.2, 0) is 6.42 Å². The first-order valence-electron chi connectivity index (χ1n) is 7.56. The van der Waals surface area contributed by atoms with Gasteiger partial charge in [-0.15, -0.1) is 12.4 Å². The molecule has 4 heterocycles. The van der Waals surface area contributed by atoms with Gasteiger partial charge in [0.2, 0.25) is 11.7 Å². The SMILES string of the molecule is Cc1cc(C)n2ncc(-c3noc(CC4CCNC4)n3)c2n1.Cl. The second kappa shape index (κ2) is 6.25. The summed E-state index contributed by atoms with van der Waals surface area (Å²) < 4.78 is 7.21. The van der Waals surface area contributed by atoms with E-state index in [0.717, 1.165) is 48.5 Å². The summed E-state index contributed by atoms with van der Waals surface area (Å²) >= 11 is 0. The number of nitrogens with zero attached hydrogens (tertiary/aromatic N) is 5. The van der Waals surface area contributed by atoms with Crippen LogP contribution in [-0.4, -0.2) is 37.8 Å². The first-order chi connectivity index (χ1) is 10.7. The Bertz CT molecular complexity index is 821. The highest BCUT2D eigenvalue weighted by Gasteiger charge is 2.20. The van der Waals surface area contributed by atoms with Gasteiger partial charge in [0, 0.05) is 17.8 Å². The van der Waals surface area contributed by atoms with E-state index in [2.05, 4.69) is 25.5 Å². The van der Waals surface area contributed by atoms with Gasteiger partial charge in [0.1, 0.15) is 0 Å². The molecule has 1 fully saturated rings. The first-order valence-corrected chi connectivity index (χ1v) is 7.56. The second-order valence-electron chi connectivity index (χ2n) is 5.91. The van der Waals surface area contributed by atoms with E-state index in [1.54, 1.807) is 10.7 Å². The van der Waals surface area contributed by atoms with E-state index in [9.17, 15) is 0 Å². The number of fused-ring (bicyclic) bond motifs is 1. The van der Waals surface area contributed by atoms with E-state index in [-0.39, 0.29) is 12.4 Å². The van der Waals surface area contributed by atoms with E-state index in [1.165, 1.54) is 0 Å². The van der Waals surface area contributed by atoms with Crippen LogP contribution in [0.3, 0.4) is 0 Å². The highest BCUT2D eigenvalue weighted by atomic mass is 35.5. The van der Waals surface area contributed by atoms with Gasteiger partial charge in [-0.1, -0.05) is 5.16 Å². The molecule has 4 rings (SSSR count). The zero-order valence-electron chi connectivity index (χ0n) is 13.1. The Kier molecular flexibility index (Phi) is 4.32. The predicted octanol–water partition coefficient (Wildman–Crippen LogP) is 1.97. The maximum Gasteiger partial charge on any atom is 0.227 e. The number of nitrogens with one attached hydrogen (secondary N) is 1. The summed E-state index contributed by atoms with van der Waals surface area (Å²) in [7, 11) is 0. The molecule has 0 radical (unpaired) electrons. The van der Waals surface area contributed by atoms with Crippen LogP contribution in [0.15, 0.2) is 16.8 Å².